The molecule has 2 saturated heterocycles. The first-order chi connectivity index (χ1) is 10.0. The van der Waals surface area contributed by atoms with E-state index in [-0.39, 0.29) is 12.6 Å². The molecule has 2 atom stereocenters. The van der Waals surface area contributed by atoms with Gasteiger partial charge in [-0.1, -0.05) is 0 Å². The minimum absolute atomic E-state index is 0.0914. The zero-order chi connectivity index (χ0) is 15.1. The van der Waals surface area contributed by atoms with Crippen molar-refractivity contribution >= 4 is 0 Å². The van der Waals surface area contributed by atoms with Crippen LogP contribution in [0.5, 0.6) is 0 Å². The Morgan fingerprint density at radius 1 is 0.905 bits per heavy atom. The van der Waals surface area contributed by atoms with E-state index in [0.29, 0.717) is 19.0 Å². The summed E-state index contributed by atoms with van der Waals surface area (Å²) in [4.78, 5) is 1.81. The van der Waals surface area contributed by atoms with E-state index in [4.69, 9.17) is 0 Å². The highest BCUT2D eigenvalue weighted by molar-refractivity contribution is 5.24. The quantitative estimate of drug-likeness (QED) is 0.513. The molecule has 3 rings (SSSR count). The second kappa shape index (κ2) is 5.53. The van der Waals surface area contributed by atoms with E-state index in [1.165, 1.54) is 0 Å². The molecule has 2 aliphatic heterocycles. The maximum atomic E-state index is 13.7. The molecule has 2 unspecified atom stereocenters. The van der Waals surface area contributed by atoms with E-state index >= 15 is 0 Å². The van der Waals surface area contributed by atoms with Crippen molar-refractivity contribution in [3.8, 4) is 0 Å². The summed E-state index contributed by atoms with van der Waals surface area (Å²) < 4.78 is 67.0. The van der Waals surface area contributed by atoms with Crippen LogP contribution in [0.4, 0.5) is 22.0 Å². The number of halogens is 5. The van der Waals surface area contributed by atoms with Gasteiger partial charge in [-0.2, -0.15) is 0 Å². The molecule has 1 N–H and O–H groups in total. The molecule has 2 aliphatic rings. The lowest BCUT2D eigenvalue weighted by atomic mass is 9.91. The molecule has 1 aromatic carbocycles. The largest absolute Gasteiger partial charge is 0.315 e. The smallest absolute Gasteiger partial charge is 0.200 e. The highest BCUT2D eigenvalue weighted by Crippen LogP contribution is 2.30. The monoisotopic (exact) mass is 306 g/mol. The van der Waals surface area contributed by atoms with Gasteiger partial charge in [0.05, 0.1) is 0 Å². The second-order valence-corrected chi connectivity index (χ2v) is 5.65. The average molecular weight is 306 g/mol. The summed E-state index contributed by atoms with van der Waals surface area (Å²) >= 11 is 0. The molecular formula is C14H15F5N2. The standard InChI is InChI=1S/C14H15F5N2/c15-10-8(11(16)13(18)14(19)12(10)17)6-21-3-1-2-7-4-20-5-9(7)21/h7,9,20H,1-6H2. The minimum Gasteiger partial charge on any atom is -0.315 e. The molecule has 1 aromatic rings. The minimum atomic E-state index is -2.10. The summed E-state index contributed by atoms with van der Waals surface area (Å²) in [5, 5.41) is 3.20. The molecule has 0 amide bonds. The molecule has 7 heteroatoms. The Bertz CT molecular complexity index is 534. The normalized spacial score (nSPS) is 26.1. The summed E-state index contributed by atoms with van der Waals surface area (Å²) in [6.45, 7) is 1.86. The number of likely N-dealkylation sites (tertiary alicyclic amines) is 1. The van der Waals surface area contributed by atoms with Crippen molar-refractivity contribution in [3.05, 3.63) is 34.6 Å². The van der Waals surface area contributed by atoms with Crippen LogP contribution in [-0.2, 0) is 6.54 Å². The number of nitrogens with zero attached hydrogens (tertiary/aromatic N) is 1. The van der Waals surface area contributed by atoms with Crippen LogP contribution in [0.1, 0.15) is 18.4 Å². The number of benzene rings is 1. The Kier molecular flexibility index (Phi) is 3.88. The van der Waals surface area contributed by atoms with E-state index < -0.39 is 34.6 Å². The summed E-state index contributed by atoms with van der Waals surface area (Å²) in [6, 6.07) is 0.0914. The number of fused-ring (bicyclic) bond motifs is 1. The number of nitrogens with one attached hydrogen (secondary N) is 1. The molecule has 0 spiro atoms. The number of hydrogen-bond donors (Lipinski definition) is 1. The Labute approximate surface area is 118 Å². The molecule has 116 valence electrons. The van der Waals surface area contributed by atoms with Crippen molar-refractivity contribution in [1.82, 2.24) is 10.2 Å². The number of rotatable bonds is 2. The molecule has 2 fully saturated rings. The third kappa shape index (κ3) is 2.42. The number of piperidine rings is 1. The Balaban J connectivity index is 1.91. The van der Waals surface area contributed by atoms with Crippen molar-refractivity contribution in [2.45, 2.75) is 25.4 Å². The number of hydrogen-bond acceptors (Lipinski definition) is 2. The molecule has 2 heterocycles. The molecule has 2 nitrogen and oxygen atoms in total. The fourth-order valence-corrected chi connectivity index (χ4v) is 3.35. The van der Waals surface area contributed by atoms with Gasteiger partial charge in [-0.15, -0.1) is 0 Å². The first kappa shape index (κ1) is 14.7. The molecule has 0 aromatic heterocycles. The summed E-state index contributed by atoms with van der Waals surface area (Å²) in [6.07, 6.45) is 1.88. The first-order valence-electron chi connectivity index (χ1n) is 6.95. The Morgan fingerprint density at radius 3 is 2.19 bits per heavy atom. The van der Waals surface area contributed by atoms with E-state index in [1.807, 2.05) is 4.90 Å². The fraction of sp³-hybridized carbons (Fsp3) is 0.571. The van der Waals surface area contributed by atoms with Crippen molar-refractivity contribution in [1.29, 1.82) is 0 Å². The topological polar surface area (TPSA) is 15.3 Å². The van der Waals surface area contributed by atoms with Crippen LogP contribution >= 0.6 is 0 Å². The first-order valence-corrected chi connectivity index (χ1v) is 6.95. The lowest BCUT2D eigenvalue weighted by Crippen LogP contribution is -2.44. The Hall–Kier alpha value is -1.21. The maximum absolute atomic E-state index is 13.7. The lowest BCUT2D eigenvalue weighted by molar-refractivity contribution is 0.113. The van der Waals surface area contributed by atoms with Crippen LogP contribution in [-0.4, -0.2) is 30.6 Å². The van der Waals surface area contributed by atoms with Crippen LogP contribution in [0.3, 0.4) is 0 Å². The van der Waals surface area contributed by atoms with E-state index in [1.54, 1.807) is 0 Å². The van der Waals surface area contributed by atoms with Crippen LogP contribution in [0.25, 0.3) is 0 Å². The van der Waals surface area contributed by atoms with Crippen molar-refractivity contribution in [2.75, 3.05) is 19.6 Å². The van der Waals surface area contributed by atoms with Gasteiger partial charge in [0.2, 0.25) is 5.82 Å². The van der Waals surface area contributed by atoms with Gasteiger partial charge in [-0.3, -0.25) is 4.90 Å². The lowest BCUT2D eigenvalue weighted by Gasteiger charge is -2.37. The van der Waals surface area contributed by atoms with E-state index in [2.05, 4.69) is 5.32 Å². The second-order valence-electron chi connectivity index (χ2n) is 5.65. The summed E-state index contributed by atoms with van der Waals surface area (Å²) in [5.41, 5.74) is -0.737. The van der Waals surface area contributed by atoms with Gasteiger partial charge < -0.3 is 5.32 Å². The molecular weight excluding hydrogens is 291 g/mol. The van der Waals surface area contributed by atoms with Crippen LogP contribution in [0.2, 0.25) is 0 Å². The predicted molar refractivity (Wildman–Crippen MR) is 66.0 cm³/mol. The summed E-state index contributed by atoms with van der Waals surface area (Å²) in [5.74, 6) is -8.92. The maximum Gasteiger partial charge on any atom is 0.200 e. The zero-order valence-electron chi connectivity index (χ0n) is 11.2. The highest BCUT2D eigenvalue weighted by atomic mass is 19.2. The van der Waals surface area contributed by atoms with E-state index in [9.17, 15) is 22.0 Å². The predicted octanol–water partition coefficient (Wildman–Crippen LogP) is 2.57. The van der Waals surface area contributed by atoms with Gasteiger partial charge in [-0.05, 0) is 31.8 Å². The van der Waals surface area contributed by atoms with Crippen LogP contribution < -0.4 is 5.32 Å². The molecule has 0 bridgehead atoms. The third-order valence-corrected chi connectivity index (χ3v) is 4.46. The van der Waals surface area contributed by atoms with Crippen LogP contribution in [0, 0.1) is 35.0 Å². The van der Waals surface area contributed by atoms with Crippen molar-refractivity contribution in [3.63, 3.8) is 0 Å². The van der Waals surface area contributed by atoms with Gasteiger partial charge in [0.25, 0.3) is 0 Å². The SMILES string of the molecule is Fc1c(F)c(F)c(CN2CCCC3CNCC32)c(F)c1F. The fourth-order valence-electron chi connectivity index (χ4n) is 3.35. The summed E-state index contributed by atoms with van der Waals surface area (Å²) in [7, 11) is 0. The van der Waals surface area contributed by atoms with Crippen molar-refractivity contribution < 1.29 is 22.0 Å². The average Bonchev–Trinajstić information content (AvgIpc) is 2.97. The third-order valence-electron chi connectivity index (χ3n) is 4.46. The zero-order valence-corrected chi connectivity index (χ0v) is 11.2. The van der Waals surface area contributed by atoms with E-state index in [0.717, 1.165) is 19.4 Å². The molecule has 0 saturated carbocycles. The van der Waals surface area contributed by atoms with Crippen molar-refractivity contribution in [2.24, 2.45) is 5.92 Å². The van der Waals surface area contributed by atoms with Gasteiger partial charge in [0.1, 0.15) is 0 Å². The van der Waals surface area contributed by atoms with Gasteiger partial charge in [0, 0.05) is 24.7 Å². The highest BCUT2D eigenvalue weighted by Gasteiger charge is 2.36. The Morgan fingerprint density at radius 2 is 1.52 bits per heavy atom. The van der Waals surface area contributed by atoms with Gasteiger partial charge in [0.15, 0.2) is 23.3 Å². The molecule has 0 aliphatic carbocycles. The van der Waals surface area contributed by atoms with Gasteiger partial charge in [-0.25, -0.2) is 22.0 Å². The molecule has 0 radical (unpaired) electrons. The van der Waals surface area contributed by atoms with Gasteiger partial charge >= 0.3 is 0 Å². The molecule has 21 heavy (non-hydrogen) atoms. The van der Waals surface area contributed by atoms with Crippen LogP contribution in [0.15, 0.2) is 0 Å².